The van der Waals surface area contributed by atoms with Crippen molar-refractivity contribution in [1.82, 2.24) is 0 Å². The number of alkyl halides is 4. The lowest BCUT2D eigenvalue weighted by Gasteiger charge is -2.52. The largest absolute Gasteiger partial charge is 0.534 e. The van der Waals surface area contributed by atoms with Crippen molar-refractivity contribution < 1.29 is 35.0 Å². The van der Waals surface area contributed by atoms with Crippen LogP contribution < -0.4 is 4.18 Å². The van der Waals surface area contributed by atoms with Crippen molar-refractivity contribution in [3.05, 3.63) is 29.3 Å². The van der Waals surface area contributed by atoms with E-state index in [0.29, 0.717) is 19.3 Å². The Morgan fingerprint density at radius 1 is 1.27 bits per heavy atom. The summed E-state index contributed by atoms with van der Waals surface area (Å²) in [5.74, 6) is -0.369. The monoisotopic (exact) mass is 448 g/mol. The molecule has 1 aromatic rings. The van der Waals surface area contributed by atoms with E-state index in [2.05, 4.69) is 4.18 Å². The molecule has 3 aliphatic rings. The van der Waals surface area contributed by atoms with Crippen molar-refractivity contribution in [3.63, 3.8) is 0 Å². The van der Waals surface area contributed by atoms with E-state index in [0.717, 1.165) is 17.5 Å². The highest BCUT2D eigenvalue weighted by Crippen LogP contribution is 2.62. The van der Waals surface area contributed by atoms with Gasteiger partial charge in [0.25, 0.3) is 0 Å². The highest BCUT2D eigenvalue weighted by atomic mass is 32.2. The summed E-state index contributed by atoms with van der Waals surface area (Å²) in [5.41, 5.74) is -4.45. The van der Waals surface area contributed by atoms with Gasteiger partial charge in [0.1, 0.15) is 5.75 Å². The minimum absolute atomic E-state index is 0.0533. The summed E-state index contributed by atoms with van der Waals surface area (Å²) in [7, 11) is -5.73. The Bertz CT molecular complexity index is 974. The molecule has 0 N–H and O–H groups in total. The average molecular weight is 448 g/mol. The quantitative estimate of drug-likeness (QED) is 0.374. The van der Waals surface area contributed by atoms with Gasteiger partial charge in [0.05, 0.1) is 0 Å². The molecule has 30 heavy (non-hydrogen) atoms. The van der Waals surface area contributed by atoms with Crippen LogP contribution in [0.1, 0.15) is 56.6 Å². The standard InChI is InChI=1S/C21H24F4O4S/c1-3-11-10-20(2)16(9-17(22)19(20)26)15-6-4-12-8-13(5-7-14(12)18(11)15)29-30(27,28)21(23,24)25/h5,7-8,11,15-18H,3-4,6,9-10H2,1-2H3/t11-,15-,16-,17-,18+,20-/m0/s1. The summed E-state index contributed by atoms with van der Waals surface area (Å²) < 4.78 is 79.2. The van der Waals surface area contributed by atoms with Gasteiger partial charge < -0.3 is 4.18 Å². The van der Waals surface area contributed by atoms with Crippen molar-refractivity contribution >= 4 is 15.9 Å². The van der Waals surface area contributed by atoms with E-state index in [1.54, 1.807) is 6.07 Å². The average Bonchev–Trinajstić information content (AvgIpc) is 2.89. The number of carbonyl (C=O) groups excluding carboxylic acids is 1. The molecule has 4 nitrogen and oxygen atoms in total. The van der Waals surface area contributed by atoms with Gasteiger partial charge >= 0.3 is 15.6 Å². The first-order valence-corrected chi connectivity index (χ1v) is 11.6. The zero-order valence-electron chi connectivity index (χ0n) is 16.7. The molecule has 2 fully saturated rings. The molecule has 166 valence electrons. The number of Topliss-reactive ketones (excluding diaryl/α,β-unsaturated/α-hetero) is 1. The fourth-order valence-electron chi connectivity index (χ4n) is 6.24. The van der Waals surface area contributed by atoms with Crippen LogP contribution in [0.25, 0.3) is 0 Å². The molecular formula is C21H24F4O4S. The van der Waals surface area contributed by atoms with E-state index in [9.17, 15) is 30.8 Å². The van der Waals surface area contributed by atoms with Gasteiger partial charge in [0.15, 0.2) is 12.0 Å². The molecule has 3 aliphatic carbocycles. The second-order valence-electron chi connectivity index (χ2n) is 9.04. The second-order valence-corrected chi connectivity index (χ2v) is 10.6. The number of fused-ring (bicyclic) bond motifs is 5. The SMILES string of the molecule is CC[C@H]1C[C@]2(C)C(=O)[C@@H](F)C[C@H]2[C@@H]2CCc3cc(OS(=O)(=O)C(F)(F)F)ccc3[C@@H]12. The van der Waals surface area contributed by atoms with E-state index < -0.39 is 27.2 Å². The highest BCUT2D eigenvalue weighted by Gasteiger charge is 2.60. The van der Waals surface area contributed by atoms with Crippen LogP contribution in [-0.2, 0) is 21.3 Å². The zero-order valence-corrected chi connectivity index (χ0v) is 17.5. The summed E-state index contributed by atoms with van der Waals surface area (Å²) in [4.78, 5) is 12.6. The molecule has 2 saturated carbocycles. The highest BCUT2D eigenvalue weighted by molar-refractivity contribution is 7.88. The molecule has 0 bridgehead atoms. The van der Waals surface area contributed by atoms with E-state index in [1.165, 1.54) is 12.1 Å². The Hall–Kier alpha value is -1.64. The second kappa shape index (κ2) is 6.93. The van der Waals surface area contributed by atoms with Crippen molar-refractivity contribution in [2.45, 2.75) is 63.5 Å². The van der Waals surface area contributed by atoms with Crippen LogP contribution >= 0.6 is 0 Å². The fourth-order valence-corrected chi connectivity index (χ4v) is 6.69. The molecule has 0 unspecified atom stereocenters. The minimum atomic E-state index is -5.73. The first kappa shape index (κ1) is 21.6. The Balaban J connectivity index is 1.68. The molecule has 0 aromatic heterocycles. The lowest BCUT2D eigenvalue weighted by atomic mass is 9.51. The van der Waals surface area contributed by atoms with Gasteiger partial charge in [-0.3, -0.25) is 4.79 Å². The van der Waals surface area contributed by atoms with Crippen molar-refractivity contribution in [1.29, 1.82) is 0 Å². The van der Waals surface area contributed by atoms with E-state index in [1.807, 2.05) is 13.8 Å². The maximum atomic E-state index is 14.3. The summed E-state index contributed by atoms with van der Waals surface area (Å²) in [6.45, 7) is 3.91. The lowest BCUT2D eigenvalue weighted by Crippen LogP contribution is -2.46. The van der Waals surface area contributed by atoms with Gasteiger partial charge in [-0.2, -0.15) is 21.6 Å². The van der Waals surface area contributed by atoms with E-state index in [-0.39, 0.29) is 41.6 Å². The van der Waals surface area contributed by atoms with Crippen LogP contribution in [0.15, 0.2) is 18.2 Å². The molecule has 6 atom stereocenters. The number of rotatable bonds is 3. The maximum Gasteiger partial charge on any atom is 0.534 e. The van der Waals surface area contributed by atoms with Crippen molar-refractivity contribution in [2.24, 2.45) is 23.2 Å². The van der Waals surface area contributed by atoms with Crippen LogP contribution in [0.5, 0.6) is 5.75 Å². The Kier molecular flexibility index (Phi) is 4.99. The number of benzene rings is 1. The molecule has 0 radical (unpaired) electrons. The molecular weight excluding hydrogens is 424 g/mol. The maximum absolute atomic E-state index is 14.3. The van der Waals surface area contributed by atoms with Gasteiger partial charge in [-0.05, 0) is 72.6 Å². The van der Waals surface area contributed by atoms with Crippen LogP contribution in [0, 0.1) is 23.2 Å². The van der Waals surface area contributed by atoms with Crippen molar-refractivity contribution in [3.8, 4) is 5.75 Å². The fraction of sp³-hybridized carbons (Fsp3) is 0.667. The predicted molar refractivity (Wildman–Crippen MR) is 101 cm³/mol. The molecule has 0 amide bonds. The van der Waals surface area contributed by atoms with Gasteiger partial charge in [-0.25, -0.2) is 4.39 Å². The van der Waals surface area contributed by atoms with Crippen molar-refractivity contribution in [2.75, 3.05) is 0 Å². The van der Waals surface area contributed by atoms with Gasteiger partial charge in [0.2, 0.25) is 0 Å². The Morgan fingerprint density at radius 3 is 2.60 bits per heavy atom. The topological polar surface area (TPSA) is 60.4 Å². The van der Waals surface area contributed by atoms with Gasteiger partial charge in [-0.1, -0.05) is 26.3 Å². The predicted octanol–water partition coefficient (Wildman–Crippen LogP) is 4.92. The number of halogens is 4. The first-order chi connectivity index (χ1) is 13.9. The third kappa shape index (κ3) is 3.15. The lowest BCUT2D eigenvalue weighted by molar-refractivity contribution is -0.134. The third-order valence-corrected chi connectivity index (χ3v) is 8.51. The molecule has 0 heterocycles. The van der Waals surface area contributed by atoms with Gasteiger partial charge in [-0.15, -0.1) is 0 Å². The number of aryl methyl sites for hydroxylation is 1. The zero-order chi connectivity index (χ0) is 22.1. The first-order valence-electron chi connectivity index (χ1n) is 10.2. The smallest absolute Gasteiger partial charge is 0.376 e. The summed E-state index contributed by atoms with van der Waals surface area (Å²) in [6, 6.07) is 4.26. The normalized spacial score (nSPS) is 36.1. The summed E-state index contributed by atoms with van der Waals surface area (Å²) >= 11 is 0. The van der Waals surface area contributed by atoms with E-state index >= 15 is 0 Å². The van der Waals surface area contributed by atoms with Crippen LogP contribution in [0.4, 0.5) is 17.6 Å². The Morgan fingerprint density at radius 2 is 1.97 bits per heavy atom. The third-order valence-electron chi connectivity index (χ3n) is 7.53. The van der Waals surface area contributed by atoms with Crippen LogP contribution in [0.3, 0.4) is 0 Å². The summed E-state index contributed by atoms with van der Waals surface area (Å²) in [5, 5.41) is 0. The minimum Gasteiger partial charge on any atom is -0.376 e. The molecule has 0 aliphatic heterocycles. The molecule has 9 heteroatoms. The van der Waals surface area contributed by atoms with Gasteiger partial charge in [0, 0.05) is 5.41 Å². The number of carbonyl (C=O) groups is 1. The number of ketones is 1. The van der Waals surface area contributed by atoms with Crippen LogP contribution in [0.2, 0.25) is 0 Å². The van der Waals surface area contributed by atoms with E-state index in [4.69, 9.17) is 0 Å². The summed E-state index contributed by atoms with van der Waals surface area (Å²) in [6.07, 6.45) is 1.40. The number of hydrogen-bond acceptors (Lipinski definition) is 4. The number of hydrogen-bond donors (Lipinski definition) is 0. The molecule has 0 saturated heterocycles. The molecule has 4 rings (SSSR count). The molecule has 0 spiro atoms. The Labute approximate surface area is 173 Å². The molecule has 1 aromatic carbocycles. The van der Waals surface area contributed by atoms with Crippen LogP contribution in [-0.4, -0.2) is 25.9 Å².